The summed E-state index contributed by atoms with van der Waals surface area (Å²) >= 11 is 0. The topological polar surface area (TPSA) is 47.7 Å². The van der Waals surface area contributed by atoms with E-state index in [-0.39, 0.29) is 0 Å². The number of aryl methyl sites for hydroxylation is 3. The number of aromatic nitrogens is 4. The van der Waals surface area contributed by atoms with E-state index in [0.717, 1.165) is 23.9 Å². The molecule has 0 radical (unpaired) electrons. The zero-order valence-corrected chi connectivity index (χ0v) is 13.3. The second kappa shape index (κ2) is 5.92. The lowest BCUT2D eigenvalue weighted by Gasteiger charge is -2.23. The minimum atomic E-state index is 0.578. The minimum absolute atomic E-state index is 0.578. The molecule has 0 unspecified atom stereocenters. The van der Waals surface area contributed by atoms with Gasteiger partial charge in [0.1, 0.15) is 0 Å². The van der Waals surface area contributed by atoms with Gasteiger partial charge in [0.05, 0.1) is 17.9 Å². The van der Waals surface area contributed by atoms with Crippen LogP contribution in [0.25, 0.3) is 0 Å². The van der Waals surface area contributed by atoms with Crippen molar-refractivity contribution in [1.29, 1.82) is 0 Å². The van der Waals surface area contributed by atoms with Crippen LogP contribution in [0.5, 0.6) is 0 Å². The Labute approximate surface area is 126 Å². The first-order chi connectivity index (χ1) is 10.1. The fourth-order valence-corrected chi connectivity index (χ4v) is 3.20. The third-order valence-electron chi connectivity index (χ3n) is 4.29. The third-order valence-corrected chi connectivity index (χ3v) is 4.29. The largest absolute Gasteiger partial charge is 0.353 e. The molecule has 1 N–H and O–H groups in total. The van der Waals surface area contributed by atoms with Crippen LogP contribution in [0.15, 0.2) is 12.4 Å². The summed E-state index contributed by atoms with van der Waals surface area (Å²) < 4.78 is 4.09. The Bertz CT molecular complexity index is 604. The molecule has 5 heteroatoms. The van der Waals surface area contributed by atoms with Crippen molar-refractivity contribution in [3.8, 4) is 0 Å². The molecule has 1 aliphatic rings. The number of nitrogens with zero attached hydrogens (tertiary/aromatic N) is 4. The van der Waals surface area contributed by atoms with Gasteiger partial charge in [-0.25, -0.2) is 4.98 Å². The van der Waals surface area contributed by atoms with E-state index in [1.54, 1.807) is 0 Å². The van der Waals surface area contributed by atoms with Gasteiger partial charge in [-0.3, -0.25) is 4.68 Å². The van der Waals surface area contributed by atoms with Crippen molar-refractivity contribution < 1.29 is 0 Å². The molecule has 0 aliphatic heterocycles. The molecule has 0 spiro atoms. The van der Waals surface area contributed by atoms with Crippen LogP contribution >= 0.6 is 0 Å². The highest BCUT2D eigenvalue weighted by Crippen LogP contribution is 2.22. The summed E-state index contributed by atoms with van der Waals surface area (Å²) in [6.45, 7) is 4.95. The van der Waals surface area contributed by atoms with Gasteiger partial charge in [0.2, 0.25) is 5.95 Å². The van der Waals surface area contributed by atoms with E-state index in [1.165, 1.54) is 37.7 Å². The van der Waals surface area contributed by atoms with E-state index < -0.39 is 0 Å². The maximum Gasteiger partial charge on any atom is 0.203 e. The van der Waals surface area contributed by atoms with Gasteiger partial charge in [-0.05, 0) is 26.7 Å². The first-order valence-electron chi connectivity index (χ1n) is 7.91. The molecule has 2 heterocycles. The number of hydrogen-bond donors (Lipinski definition) is 1. The number of imidazole rings is 1. The molecule has 1 fully saturated rings. The molecule has 21 heavy (non-hydrogen) atoms. The highest BCUT2D eigenvalue weighted by Gasteiger charge is 2.16. The second-order valence-corrected chi connectivity index (χ2v) is 6.23. The van der Waals surface area contributed by atoms with Gasteiger partial charge in [0.15, 0.2) is 0 Å². The average molecular weight is 287 g/mol. The lowest BCUT2D eigenvalue weighted by Crippen LogP contribution is -2.24. The van der Waals surface area contributed by atoms with E-state index in [0.29, 0.717) is 6.04 Å². The van der Waals surface area contributed by atoms with Crippen LogP contribution in [-0.2, 0) is 13.6 Å². The molecule has 2 aromatic rings. The molecule has 3 rings (SSSR count). The van der Waals surface area contributed by atoms with Gasteiger partial charge >= 0.3 is 0 Å². The summed E-state index contributed by atoms with van der Waals surface area (Å²) in [5, 5.41) is 8.06. The SMILES string of the molecule is Cc1cn(Cc2cn(C)nc2C)c(NC2CCCCC2)n1. The summed E-state index contributed by atoms with van der Waals surface area (Å²) in [5.74, 6) is 1.00. The van der Waals surface area contributed by atoms with Crippen molar-refractivity contribution in [2.45, 2.75) is 58.5 Å². The summed E-state index contributed by atoms with van der Waals surface area (Å²) in [4.78, 5) is 4.66. The summed E-state index contributed by atoms with van der Waals surface area (Å²) in [6, 6.07) is 0.578. The number of nitrogens with one attached hydrogen (secondary N) is 1. The van der Waals surface area contributed by atoms with Crippen molar-refractivity contribution >= 4 is 5.95 Å². The van der Waals surface area contributed by atoms with Crippen LogP contribution in [0.3, 0.4) is 0 Å². The van der Waals surface area contributed by atoms with Crippen LogP contribution in [-0.4, -0.2) is 25.4 Å². The van der Waals surface area contributed by atoms with Crippen LogP contribution < -0.4 is 5.32 Å². The maximum absolute atomic E-state index is 4.66. The maximum atomic E-state index is 4.66. The molecule has 1 saturated carbocycles. The summed E-state index contributed by atoms with van der Waals surface area (Å²) in [7, 11) is 1.97. The zero-order chi connectivity index (χ0) is 14.8. The molecule has 2 aromatic heterocycles. The van der Waals surface area contributed by atoms with E-state index in [1.807, 2.05) is 11.7 Å². The Morgan fingerprint density at radius 3 is 2.62 bits per heavy atom. The first-order valence-corrected chi connectivity index (χ1v) is 7.91. The highest BCUT2D eigenvalue weighted by molar-refractivity contribution is 5.32. The first kappa shape index (κ1) is 14.2. The van der Waals surface area contributed by atoms with Gasteiger partial charge < -0.3 is 9.88 Å². The van der Waals surface area contributed by atoms with Crippen LogP contribution in [0.4, 0.5) is 5.95 Å². The van der Waals surface area contributed by atoms with Gasteiger partial charge in [0.25, 0.3) is 0 Å². The summed E-state index contributed by atoms with van der Waals surface area (Å²) in [5.41, 5.74) is 3.41. The Balaban J connectivity index is 1.77. The lowest BCUT2D eigenvalue weighted by atomic mass is 9.96. The molecule has 1 aliphatic carbocycles. The van der Waals surface area contributed by atoms with E-state index in [9.17, 15) is 0 Å². The smallest absolute Gasteiger partial charge is 0.203 e. The zero-order valence-electron chi connectivity index (χ0n) is 13.3. The predicted octanol–water partition coefficient (Wildman–Crippen LogP) is 3.03. The second-order valence-electron chi connectivity index (χ2n) is 6.23. The molecule has 0 aromatic carbocycles. The van der Waals surface area contributed by atoms with Crippen LogP contribution in [0.2, 0.25) is 0 Å². The monoisotopic (exact) mass is 287 g/mol. The molecule has 0 atom stereocenters. The normalized spacial score (nSPS) is 16.3. The average Bonchev–Trinajstić information content (AvgIpc) is 2.94. The molecule has 0 saturated heterocycles. The Hall–Kier alpha value is -1.78. The molecule has 0 bridgehead atoms. The third kappa shape index (κ3) is 3.28. The fourth-order valence-electron chi connectivity index (χ4n) is 3.20. The van der Waals surface area contributed by atoms with Gasteiger partial charge in [-0.1, -0.05) is 19.3 Å². The van der Waals surface area contributed by atoms with Crippen molar-refractivity contribution in [1.82, 2.24) is 19.3 Å². The fraction of sp³-hybridized carbons (Fsp3) is 0.625. The molecule has 0 amide bonds. The Kier molecular flexibility index (Phi) is 3.99. The van der Waals surface area contributed by atoms with E-state index in [4.69, 9.17) is 0 Å². The van der Waals surface area contributed by atoms with Crippen molar-refractivity contribution in [2.24, 2.45) is 7.05 Å². The van der Waals surface area contributed by atoms with Crippen LogP contribution in [0, 0.1) is 13.8 Å². The van der Waals surface area contributed by atoms with Crippen LogP contribution in [0.1, 0.15) is 49.1 Å². The van der Waals surface area contributed by atoms with Crippen molar-refractivity contribution in [3.63, 3.8) is 0 Å². The van der Waals surface area contributed by atoms with Gasteiger partial charge in [0, 0.05) is 31.0 Å². The van der Waals surface area contributed by atoms with Crippen molar-refractivity contribution in [3.05, 3.63) is 29.3 Å². The standard InChI is InChI=1S/C16H25N5/c1-12-9-21(11-14-10-20(3)19-13(14)2)16(17-12)18-15-7-5-4-6-8-15/h9-10,15H,4-8,11H2,1-3H3,(H,17,18). The highest BCUT2D eigenvalue weighted by atomic mass is 15.3. The van der Waals surface area contributed by atoms with E-state index in [2.05, 4.69) is 46.2 Å². The lowest BCUT2D eigenvalue weighted by molar-refractivity contribution is 0.459. The van der Waals surface area contributed by atoms with E-state index >= 15 is 0 Å². The minimum Gasteiger partial charge on any atom is -0.353 e. The quantitative estimate of drug-likeness (QED) is 0.940. The van der Waals surface area contributed by atoms with Gasteiger partial charge in [-0.2, -0.15) is 5.10 Å². The predicted molar refractivity (Wildman–Crippen MR) is 84.5 cm³/mol. The molecule has 5 nitrogen and oxygen atoms in total. The number of rotatable bonds is 4. The Morgan fingerprint density at radius 1 is 1.19 bits per heavy atom. The summed E-state index contributed by atoms with van der Waals surface area (Å²) in [6.07, 6.45) is 10.8. The number of hydrogen-bond acceptors (Lipinski definition) is 3. The number of anilines is 1. The van der Waals surface area contributed by atoms with Gasteiger partial charge in [-0.15, -0.1) is 0 Å². The van der Waals surface area contributed by atoms with Crippen molar-refractivity contribution in [2.75, 3.05) is 5.32 Å². The molecular weight excluding hydrogens is 262 g/mol. The molecular formula is C16H25N5. The molecule has 114 valence electrons. The Morgan fingerprint density at radius 2 is 1.95 bits per heavy atom.